The summed E-state index contributed by atoms with van der Waals surface area (Å²) in [6.07, 6.45) is 7.46. The Hall–Kier alpha value is -1.65. The number of carbonyl (C=O) groups excluding carboxylic acids is 1. The Kier molecular flexibility index (Phi) is 3.85. The summed E-state index contributed by atoms with van der Waals surface area (Å²) in [6, 6.07) is 2.17. The summed E-state index contributed by atoms with van der Waals surface area (Å²) in [5, 5.41) is 3.31. The summed E-state index contributed by atoms with van der Waals surface area (Å²) in [5.74, 6) is 1.48. The molecule has 5 nitrogen and oxygen atoms in total. The van der Waals surface area contributed by atoms with Crippen molar-refractivity contribution in [2.24, 2.45) is 0 Å². The van der Waals surface area contributed by atoms with Gasteiger partial charge in [-0.25, -0.2) is 9.97 Å². The molecule has 1 aromatic heterocycles. The molecule has 108 valence electrons. The van der Waals surface area contributed by atoms with Crippen molar-refractivity contribution in [1.29, 1.82) is 0 Å². The lowest BCUT2D eigenvalue weighted by Crippen LogP contribution is -2.28. The minimum absolute atomic E-state index is 0.140. The van der Waals surface area contributed by atoms with E-state index in [9.17, 15) is 4.79 Å². The molecule has 1 aliphatic carbocycles. The third-order valence-electron chi connectivity index (χ3n) is 4.38. The highest BCUT2D eigenvalue weighted by Crippen LogP contribution is 2.33. The van der Waals surface area contributed by atoms with Crippen LogP contribution < -0.4 is 5.32 Å². The van der Waals surface area contributed by atoms with E-state index in [2.05, 4.69) is 15.3 Å². The minimum Gasteiger partial charge on any atom is -0.349 e. The molecule has 0 aromatic carbocycles. The molecule has 1 saturated carbocycles. The molecule has 1 amide bonds. The van der Waals surface area contributed by atoms with Crippen LogP contribution in [0.3, 0.4) is 0 Å². The van der Waals surface area contributed by atoms with Gasteiger partial charge in [-0.2, -0.15) is 0 Å². The van der Waals surface area contributed by atoms with E-state index in [-0.39, 0.29) is 11.9 Å². The van der Waals surface area contributed by atoms with Crippen molar-refractivity contribution in [1.82, 2.24) is 14.9 Å². The SMILES string of the molecule is CCN1C[C@@H](Nc2nccc(C3CCCC3)n2)CC1=O. The van der Waals surface area contributed by atoms with Crippen LogP contribution in [0.5, 0.6) is 0 Å². The first kappa shape index (κ1) is 13.3. The van der Waals surface area contributed by atoms with Gasteiger partial charge in [-0.15, -0.1) is 0 Å². The van der Waals surface area contributed by atoms with Gasteiger partial charge < -0.3 is 10.2 Å². The Morgan fingerprint density at radius 2 is 2.20 bits per heavy atom. The highest BCUT2D eigenvalue weighted by atomic mass is 16.2. The van der Waals surface area contributed by atoms with Crippen LogP contribution in [-0.4, -0.2) is 39.9 Å². The smallest absolute Gasteiger partial charge is 0.224 e. The Balaban J connectivity index is 1.66. The Labute approximate surface area is 119 Å². The molecule has 3 rings (SSSR count). The van der Waals surface area contributed by atoms with Gasteiger partial charge in [0.1, 0.15) is 0 Å². The highest BCUT2D eigenvalue weighted by Gasteiger charge is 2.29. The number of hydrogen-bond donors (Lipinski definition) is 1. The number of amides is 1. The van der Waals surface area contributed by atoms with Crippen molar-refractivity contribution in [3.05, 3.63) is 18.0 Å². The monoisotopic (exact) mass is 274 g/mol. The number of carbonyl (C=O) groups is 1. The van der Waals surface area contributed by atoms with Gasteiger partial charge >= 0.3 is 0 Å². The predicted octanol–water partition coefficient (Wildman–Crippen LogP) is 2.17. The molecular formula is C15H22N4O. The van der Waals surface area contributed by atoms with E-state index in [1.165, 1.54) is 25.7 Å². The molecular weight excluding hydrogens is 252 g/mol. The van der Waals surface area contributed by atoms with Gasteiger partial charge in [0.25, 0.3) is 0 Å². The maximum Gasteiger partial charge on any atom is 0.224 e. The summed E-state index contributed by atoms with van der Waals surface area (Å²) in [6.45, 7) is 3.55. The molecule has 1 saturated heterocycles. The third kappa shape index (κ3) is 2.76. The molecule has 20 heavy (non-hydrogen) atoms. The molecule has 1 aromatic rings. The molecule has 1 atom stereocenters. The van der Waals surface area contributed by atoms with E-state index in [0.29, 0.717) is 18.3 Å². The number of aromatic nitrogens is 2. The highest BCUT2D eigenvalue weighted by molar-refractivity contribution is 5.79. The number of likely N-dealkylation sites (N-methyl/N-ethyl adjacent to an activating group) is 1. The van der Waals surface area contributed by atoms with Gasteiger partial charge in [0.2, 0.25) is 11.9 Å². The molecule has 1 aliphatic heterocycles. The largest absolute Gasteiger partial charge is 0.349 e. The van der Waals surface area contributed by atoms with Gasteiger partial charge in [-0.3, -0.25) is 4.79 Å². The van der Waals surface area contributed by atoms with Gasteiger partial charge in [0, 0.05) is 37.3 Å². The van der Waals surface area contributed by atoms with Crippen LogP contribution in [0, 0.1) is 0 Å². The molecule has 0 unspecified atom stereocenters. The van der Waals surface area contributed by atoms with Crippen molar-refractivity contribution >= 4 is 11.9 Å². The normalized spacial score (nSPS) is 23.6. The number of nitrogens with zero attached hydrogens (tertiary/aromatic N) is 3. The molecule has 2 fully saturated rings. The zero-order valence-electron chi connectivity index (χ0n) is 12.0. The average molecular weight is 274 g/mol. The quantitative estimate of drug-likeness (QED) is 0.914. The van der Waals surface area contributed by atoms with Crippen molar-refractivity contribution in [3.63, 3.8) is 0 Å². The Bertz CT molecular complexity index is 485. The maximum absolute atomic E-state index is 11.7. The van der Waals surface area contributed by atoms with Gasteiger partial charge in [-0.1, -0.05) is 12.8 Å². The molecule has 1 N–H and O–H groups in total. The van der Waals surface area contributed by atoms with Crippen molar-refractivity contribution in [3.8, 4) is 0 Å². The summed E-state index contributed by atoms with van der Waals surface area (Å²) in [7, 11) is 0. The van der Waals surface area contributed by atoms with Crippen molar-refractivity contribution in [2.45, 2.75) is 51.0 Å². The number of nitrogens with one attached hydrogen (secondary N) is 1. The van der Waals surface area contributed by atoms with Gasteiger partial charge in [0.05, 0.1) is 6.04 Å². The lowest BCUT2D eigenvalue weighted by molar-refractivity contribution is -0.127. The van der Waals surface area contributed by atoms with Crippen LogP contribution in [0.1, 0.15) is 50.6 Å². The number of likely N-dealkylation sites (tertiary alicyclic amines) is 1. The summed E-state index contributed by atoms with van der Waals surface area (Å²) in [5.41, 5.74) is 1.15. The average Bonchev–Trinajstić information content (AvgIpc) is 3.09. The van der Waals surface area contributed by atoms with Crippen LogP contribution in [-0.2, 0) is 4.79 Å². The molecule has 2 heterocycles. The first-order valence-corrected chi connectivity index (χ1v) is 7.63. The van der Waals surface area contributed by atoms with Crippen LogP contribution in [0.25, 0.3) is 0 Å². The lowest BCUT2D eigenvalue weighted by Gasteiger charge is -2.15. The van der Waals surface area contributed by atoms with E-state index in [1.54, 1.807) is 0 Å². The summed E-state index contributed by atoms with van der Waals surface area (Å²) >= 11 is 0. The van der Waals surface area contributed by atoms with Crippen LogP contribution in [0.4, 0.5) is 5.95 Å². The van der Waals surface area contributed by atoms with Crippen LogP contribution in [0.2, 0.25) is 0 Å². The summed E-state index contributed by atoms with van der Waals surface area (Å²) in [4.78, 5) is 22.5. The molecule has 0 spiro atoms. The van der Waals surface area contributed by atoms with Crippen molar-refractivity contribution < 1.29 is 4.79 Å². The van der Waals surface area contributed by atoms with E-state index in [4.69, 9.17) is 0 Å². The van der Waals surface area contributed by atoms with Crippen molar-refractivity contribution in [2.75, 3.05) is 18.4 Å². The Morgan fingerprint density at radius 1 is 1.40 bits per heavy atom. The third-order valence-corrected chi connectivity index (χ3v) is 4.38. The fourth-order valence-corrected chi connectivity index (χ4v) is 3.25. The number of rotatable bonds is 4. The molecule has 5 heteroatoms. The van der Waals surface area contributed by atoms with Gasteiger partial charge in [0.15, 0.2) is 0 Å². The second-order valence-electron chi connectivity index (χ2n) is 5.76. The minimum atomic E-state index is 0.140. The predicted molar refractivity (Wildman–Crippen MR) is 77.5 cm³/mol. The zero-order valence-corrected chi connectivity index (χ0v) is 12.0. The number of hydrogen-bond acceptors (Lipinski definition) is 4. The summed E-state index contributed by atoms with van der Waals surface area (Å²) < 4.78 is 0. The fourth-order valence-electron chi connectivity index (χ4n) is 3.25. The fraction of sp³-hybridized carbons (Fsp3) is 0.667. The zero-order chi connectivity index (χ0) is 13.9. The molecule has 0 bridgehead atoms. The van der Waals surface area contributed by atoms with E-state index in [0.717, 1.165) is 18.8 Å². The first-order chi connectivity index (χ1) is 9.76. The molecule has 2 aliphatic rings. The van der Waals surface area contributed by atoms with Gasteiger partial charge in [-0.05, 0) is 25.8 Å². The second-order valence-corrected chi connectivity index (χ2v) is 5.76. The van der Waals surface area contributed by atoms with Crippen LogP contribution >= 0.6 is 0 Å². The second kappa shape index (κ2) is 5.77. The lowest BCUT2D eigenvalue weighted by atomic mass is 10.0. The standard InChI is InChI=1S/C15H22N4O/c1-2-19-10-12(9-14(19)20)17-15-16-8-7-13(18-15)11-5-3-4-6-11/h7-8,11-12H,2-6,9-10H2,1H3,(H,16,17,18)/t12-/m0/s1. The molecule has 0 radical (unpaired) electrons. The van der Waals surface area contributed by atoms with E-state index < -0.39 is 0 Å². The van der Waals surface area contributed by atoms with E-state index >= 15 is 0 Å². The van der Waals surface area contributed by atoms with E-state index in [1.807, 2.05) is 24.1 Å². The number of anilines is 1. The first-order valence-electron chi connectivity index (χ1n) is 7.63. The Morgan fingerprint density at radius 3 is 2.90 bits per heavy atom. The topological polar surface area (TPSA) is 58.1 Å². The van der Waals surface area contributed by atoms with Crippen LogP contribution in [0.15, 0.2) is 12.3 Å². The maximum atomic E-state index is 11.7.